The first-order valence-electron chi connectivity index (χ1n) is 7.27. The van der Waals surface area contributed by atoms with Gasteiger partial charge in [0.1, 0.15) is 5.82 Å². The van der Waals surface area contributed by atoms with Crippen molar-refractivity contribution in [3.05, 3.63) is 18.1 Å². The molecule has 1 aromatic rings. The van der Waals surface area contributed by atoms with E-state index in [9.17, 15) is 0 Å². The van der Waals surface area contributed by atoms with Crippen molar-refractivity contribution in [3.63, 3.8) is 0 Å². The molecule has 0 bridgehead atoms. The van der Waals surface area contributed by atoms with Gasteiger partial charge in [0.15, 0.2) is 0 Å². The second-order valence-corrected chi connectivity index (χ2v) is 5.66. The maximum absolute atomic E-state index is 4.44. The number of anilines is 1. The first kappa shape index (κ1) is 12.8. The third kappa shape index (κ3) is 3.64. The molecule has 1 aliphatic carbocycles. The molecule has 0 aromatic carbocycles. The summed E-state index contributed by atoms with van der Waals surface area (Å²) < 4.78 is 0. The highest BCUT2D eigenvalue weighted by Crippen LogP contribution is 2.29. The number of hydrogen-bond donors (Lipinski definition) is 1. The Hall–Kier alpha value is -1.20. The first-order chi connectivity index (χ1) is 9.33. The third-order valence-electron chi connectivity index (χ3n) is 4.03. The Morgan fingerprint density at radius 1 is 1.11 bits per heavy atom. The van der Waals surface area contributed by atoms with Crippen molar-refractivity contribution in [1.82, 2.24) is 19.8 Å². The van der Waals surface area contributed by atoms with Crippen molar-refractivity contribution < 1.29 is 0 Å². The zero-order valence-corrected chi connectivity index (χ0v) is 11.7. The molecule has 0 amide bonds. The molecule has 5 heteroatoms. The van der Waals surface area contributed by atoms with Gasteiger partial charge in [-0.3, -0.25) is 9.88 Å². The summed E-state index contributed by atoms with van der Waals surface area (Å²) in [5.41, 5.74) is 1.06. The molecule has 2 aliphatic rings. The van der Waals surface area contributed by atoms with E-state index >= 15 is 0 Å². The normalized spacial score (nSPS) is 21.5. The lowest BCUT2D eigenvalue weighted by molar-refractivity contribution is 0.122. The van der Waals surface area contributed by atoms with Gasteiger partial charge in [-0.1, -0.05) is 0 Å². The second kappa shape index (κ2) is 5.84. The van der Waals surface area contributed by atoms with Crippen molar-refractivity contribution in [2.45, 2.75) is 19.4 Å². The fourth-order valence-electron chi connectivity index (χ4n) is 2.59. The van der Waals surface area contributed by atoms with Crippen LogP contribution in [0.25, 0.3) is 0 Å². The highest BCUT2D eigenvalue weighted by atomic mass is 15.3. The molecule has 19 heavy (non-hydrogen) atoms. The summed E-state index contributed by atoms with van der Waals surface area (Å²) in [5, 5.41) is 2.99. The van der Waals surface area contributed by atoms with Gasteiger partial charge in [0.2, 0.25) is 0 Å². The molecule has 0 atom stereocenters. The van der Waals surface area contributed by atoms with Gasteiger partial charge in [0.05, 0.1) is 18.1 Å². The van der Waals surface area contributed by atoms with Gasteiger partial charge in [-0.2, -0.15) is 0 Å². The van der Waals surface area contributed by atoms with E-state index in [0.29, 0.717) is 0 Å². The van der Waals surface area contributed by atoms with Crippen LogP contribution in [0.15, 0.2) is 12.4 Å². The fourth-order valence-corrected chi connectivity index (χ4v) is 2.59. The van der Waals surface area contributed by atoms with E-state index in [1.54, 1.807) is 6.20 Å². The quantitative estimate of drug-likeness (QED) is 0.858. The minimum absolute atomic E-state index is 0.831. The number of nitrogens with one attached hydrogen (secondary N) is 1. The van der Waals surface area contributed by atoms with Crippen LogP contribution in [0.2, 0.25) is 0 Å². The molecule has 0 unspecified atom stereocenters. The van der Waals surface area contributed by atoms with Crippen LogP contribution in [-0.2, 0) is 6.54 Å². The van der Waals surface area contributed by atoms with Crippen LogP contribution >= 0.6 is 0 Å². The van der Waals surface area contributed by atoms with Crippen LogP contribution in [0.4, 0.5) is 5.82 Å². The molecule has 2 fully saturated rings. The van der Waals surface area contributed by atoms with E-state index in [1.807, 2.05) is 13.2 Å². The lowest BCUT2D eigenvalue weighted by Crippen LogP contribution is -2.46. The molecule has 1 N–H and O–H groups in total. The van der Waals surface area contributed by atoms with Crippen LogP contribution < -0.4 is 5.32 Å². The topological polar surface area (TPSA) is 44.3 Å². The predicted molar refractivity (Wildman–Crippen MR) is 76.0 cm³/mol. The van der Waals surface area contributed by atoms with Gasteiger partial charge < -0.3 is 10.2 Å². The van der Waals surface area contributed by atoms with E-state index in [2.05, 4.69) is 25.1 Å². The van der Waals surface area contributed by atoms with E-state index in [1.165, 1.54) is 32.5 Å². The molecule has 1 aliphatic heterocycles. The Labute approximate surface area is 115 Å². The first-order valence-corrected chi connectivity index (χ1v) is 7.27. The van der Waals surface area contributed by atoms with Crippen molar-refractivity contribution in [2.24, 2.45) is 5.92 Å². The maximum Gasteiger partial charge on any atom is 0.144 e. The van der Waals surface area contributed by atoms with Crippen LogP contribution in [0, 0.1) is 5.92 Å². The average molecular weight is 261 g/mol. The van der Waals surface area contributed by atoms with E-state index in [4.69, 9.17) is 0 Å². The Morgan fingerprint density at radius 3 is 2.42 bits per heavy atom. The zero-order chi connectivity index (χ0) is 13.1. The molecule has 0 radical (unpaired) electrons. The van der Waals surface area contributed by atoms with Gasteiger partial charge in [0, 0.05) is 46.3 Å². The number of piperazine rings is 1. The van der Waals surface area contributed by atoms with Gasteiger partial charge in [-0.25, -0.2) is 4.98 Å². The summed E-state index contributed by atoms with van der Waals surface area (Å²) in [4.78, 5) is 13.8. The molecular formula is C14H23N5. The third-order valence-corrected chi connectivity index (χ3v) is 4.03. The molecule has 3 rings (SSSR count). The minimum atomic E-state index is 0.831. The molecule has 2 heterocycles. The average Bonchev–Trinajstić information content (AvgIpc) is 3.26. The van der Waals surface area contributed by atoms with Gasteiger partial charge in [-0.15, -0.1) is 0 Å². The number of nitrogens with zero attached hydrogens (tertiary/aromatic N) is 4. The molecule has 0 spiro atoms. The Bertz CT molecular complexity index is 393. The van der Waals surface area contributed by atoms with E-state index in [-0.39, 0.29) is 0 Å². The minimum Gasteiger partial charge on any atom is -0.372 e. The maximum atomic E-state index is 4.44. The second-order valence-electron chi connectivity index (χ2n) is 5.66. The van der Waals surface area contributed by atoms with Crippen molar-refractivity contribution in [2.75, 3.05) is 45.1 Å². The van der Waals surface area contributed by atoms with Gasteiger partial charge in [0.25, 0.3) is 0 Å². The number of aromatic nitrogens is 2. The molecule has 1 saturated carbocycles. The lowest BCUT2D eigenvalue weighted by atomic mass is 10.2. The van der Waals surface area contributed by atoms with Crippen molar-refractivity contribution in [3.8, 4) is 0 Å². The largest absolute Gasteiger partial charge is 0.372 e. The fraction of sp³-hybridized carbons (Fsp3) is 0.714. The van der Waals surface area contributed by atoms with Crippen LogP contribution in [-0.4, -0.2) is 59.5 Å². The lowest BCUT2D eigenvalue weighted by Gasteiger charge is -2.34. The molecule has 1 aromatic heterocycles. The summed E-state index contributed by atoms with van der Waals surface area (Å²) in [6.07, 6.45) is 6.59. The van der Waals surface area contributed by atoms with E-state index in [0.717, 1.165) is 37.1 Å². The highest BCUT2D eigenvalue weighted by molar-refractivity contribution is 5.29. The molecule has 5 nitrogen and oxygen atoms in total. The molecular weight excluding hydrogens is 238 g/mol. The highest BCUT2D eigenvalue weighted by Gasteiger charge is 2.26. The van der Waals surface area contributed by atoms with Crippen molar-refractivity contribution >= 4 is 5.82 Å². The van der Waals surface area contributed by atoms with Gasteiger partial charge in [-0.05, 0) is 18.8 Å². The standard InChI is InChI=1S/C14H23N5/c1-15-14-9-16-13(8-17-14)11-19-6-4-18(5-7-19)10-12-2-3-12/h8-9,12H,2-7,10-11H2,1H3,(H,15,17). The monoisotopic (exact) mass is 261 g/mol. The molecule has 1 saturated heterocycles. The summed E-state index contributed by atoms with van der Waals surface area (Å²) in [6.45, 7) is 6.97. The SMILES string of the molecule is CNc1cnc(CN2CCN(CC3CC3)CC2)cn1. The Kier molecular flexibility index (Phi) is 3.94. The predicted octanol–water partition coefficient (Wildman–Crippen LogP) is 1.05. The number of rotatable bonds is 5. The van der Waals surface area contributed by atoms with Crippen LogP contribution in [0.3, 0.4) is 0 Å². The summed E-state index contributed by atoms with van der Waals surface area (Å²) >= 11 is 0. The van der Waals surface area contributed by atoms with E-state index < -0.39 is 0 Å². The summed E-state index contributed by atoms with van der Waals surface area (Å²) in [6, 6.07) is 0. The Morgan fingerprint density at radius 2 is 1.84 bits per heavy atom. The Balaban J connectivity index is 1.45. The van der Waals surface area contributed by atoms with Gasteiger partial charge >= 0.3 is 0 Å². The van der Waals surface area contributed by atoms with Crippen molar-refractivity contribution in [1.29, 1.82) is 0 Å². The zero-order valence-electron chi connectivity index (χ0n) is 11.7. The molecule has 104 valence electrons. The summed E-state index contributed by atoms with van der Waals surface area (Å²) in [7, 11) is 1.86. The number of hydrogen-bond acceptors (Lipinski definition) is 5. The van der Waals surface area contributed by atoms with Crippen LogP contribution in [0.1, 0.15) is 18.5 Å². The van der Waals surface area contributed by atoms with Crippen LogP contribution in [0.5, 0.6) is 0 Å². The summed E-state index contributed by atoms with van der Waals surface area (Å²) in [5.74, 6) is 1.84. The smallest absolute Gasteiger partial charge is 0.144 e.